The van der Waals surface area contributed by atoms with Gasteiger partial charge in [-0.3, -0.25) is 4.79 Å². The number of hydrogen-bond acceptors (Lipinski definition) is 5. The average molecular weight is 355 g/mol. The highest BCUT2D eigenvalue weighted by Gasteiger charge is 2.15. The van der Waals surface area contributed by atoms with Crippen LogP contribution in [0.1, 0.15) is 22.3 Å². The van der Waals surface area contributed by atoms with Gasteiger partial charge in [-0.05, 0) is 24.1 Å². The van der Waals surface area contributed by atoms with Crippen molar-refractivity contribution in [3.05, 3.63) is 64.5 Å². The summed E-state index contributed by atoms with van der Waals surface area (Å²) in [5, 5.41) is 6.15. The molecule has 0 saturated heterocycles. The van der Waals surface area contributed by atoms with Gasteiger partial charge in [0.1, 0.15) is 5.76 Å². The van der Waals surface area contributed by atoms with Gasteiger partial charge in [-0.25, -0.2) is 4.79 Å². The first-order valence-electron chi connectivity index (χ1n) is 7.74. The van der Waals surface area contributed by atoms with E-state index >= 15 is 0 Å². The molecule has 0 bridgehead atoms. The first-order valence-corrected chi connectivity index (χ1v) is 8.69. The second-order valence-electron chi connectivity index (χ2n) is 5.41. The molecule has 0 unspecified atom stereocenters. The van der Waals surface area contributed by atoms with Crippen LogP contribution < -0.4 is 5.32 Å². The van der Waals surface area contributed by atoms with Gasteiger partial charge in [-0.1, -0.05) is 24.3 Å². The predicted octanol–water partition coefficient (Wildman–Crippen LogP) is 4.37. The largest absolute Gasteiger partial charge is 0.465 e. The molecule has 1 amide bonds. The highest BCUT2D eigenvalue weighted by molar-refractivity contribution is 7.08. The Morgan fingerprint density at radius 3 is 2.64 bits per heavy atom. The first kappa shape index (κ1) is 17.0. The summed E-state index contributed by atoms with van der Waals surface area (Å²) in [5.41, 5.74) is 2.93. The molecule has 0 atom stereocenters. The van der Waals surface area contributed by atoms with E-state index in [1.54, 1.807) is 17.0 Å². The van der Waals surface area contributed by atoms with Crippen molar-refractivity contribution in [3.63, 3.8) is 0 Å². The molecule has 0 aliphatic carbocycles. The smallest absolute Gasteiger partial charge is 0.340 e. The van der Waals surface area contributed by atoms with Gasteiger partial charge >= 0.3 is 5.97 Å². The van der Waals surface area contributed by atoms with E-state index in [0.717, 1.165) is 16.9 Å². The zero-order valence-electron chi connectivity index (χ0n) is 13.7. The molecular weight excluding hydrogens is 338 g/mol. The maximum absolute atomic E-state index is 12.1. The summed E-state index contributed by atoms with van der Waals surface area (Å²) >= 11 is 1.34. The van der Waals surface area contributed by atoms with E-state index in [0.29, 0.717) is 24.1 Å². The van der Waals surface area contributed by atoms with Gasteiger partial charge < -0.3 is 14.5 Å². The van der Waals surface area contributed by atoms with Crippen LogP contribution in [0, 0.1) is 0 Å². The van der Waals surface area contributed by atoms with E-state index in [1.165, 1.54) is 18.4 Å². The molecule has 1 N–H and O–H groups in total. The van der Waals surface area contributed by atoms with E-state index in [-0.39, 0.29) is 5.91 Å². The van der Waals surface area contributed by atoms with Crippen LogP contribution >= 0.6 is 11.3 Å². The standard InChI is InChI=1S/C19H17NO4S/c1-23-19(22)15-11-25-12-16(15)20-18(21)9-6-13-4-7-14(8-5-13)17-3-2-10-24-17/h2-5,7-8,10-12H,6,9H2,1H3,(H,20,21). The molecular formula is C19H17NO4S. The Labute approximate surface area is 149 Å². The van der Waals surface area contributed by atoms with Gasteiger partial charge in [0.25, 0.3) is 0 Å². The van der Waals surface area contributed by atoms with Gasteiger partial charge in [0.15, 0.2) is 0 Å². The van der Waals surface area contributed by atoms with Crippen molar-refractivity contribution >= 4 is 28.9 Å². The van der Waals surface area contributed by atoms with E-state index in [2.05, 4.69) is 5.32 Å². The van der Waals surface area contributed by atoms with Gasteiger partial charge in [-0.15, -0.1) is 11.3 Å². The van der Waals surface area contributed by atoms with E-state index in [1.807, 2.05) is 36.4 Å². The van der Waals surface area contributed by atoms with Gasteiger partial charge in [-0.2, -0.15) is 0 Å². The lowest BCUT2D eigenvalue weighted by atomic mass is 10.1. The Bertz CT molecular complexity index is 850. The summed E-state index contributed by atoms with van der Waals surface area (Å²) in [4.78, 5) is 23.7. The second kappa shape index (κ2) is 7.81. The predicted molar refractivity (Wildman–Crippen MR) is 96.8 cm³/mol. The minimum absolute atomic E-state index is 0.140. The lowest BCUT2D eigenvalue weighted by Gasteiger charge is -2.06. The number of esters is 1. The third-order valence-electron chi connectivity index (χ3n) is 3.74. The number of hydrogen-bond donors (Lipinski definition) is 1. The fourth-order valence-electron chi connectivity index (χ4n) is 2.41. The molecule has 6 heteroatoms. The number of rotatable bonds is 6. The van der Waals surface area contributed by atoms with Crippen LogP contribution in [0.25, 0.3) is 11.3 Å². The highest BCUT2D eigenvalue weighted by atomic mass is 32.1. The monoisotopic (exact) mass is 355 g/mol. The van der Waals surface area contributed by atoms with Crippen molar-refractivity contribution in [2.24, 2.45) is 0 Å². The Balaban J connectivity index is 1.56. The summed E-state index contributed by atoms with van der Waals surface area (Å²) in [6, 6.07) is 11.7. The number of methoxy groups -OCH3 is 1. The minimum Gasteiger partial charge on any atom is -0.465 e. The molecule has 0 saturated carbocycles. The lowest BCUT2D eigenvalue weighted by Crippen LogP contribution is -2.14. The Kier molecular flexibility index (Phi) is 5.30. The number of nitrogens with one attached hydrogen (secondary N) is 1. The van der Waals surface area contributed by atoms with Crippen LogP contribution in [0.4, 0.5) is 5.69 Å². The van der Waals surface area contributed by atoms with E-state index in [4.69, 9.17) is 9.15 Å². The highest BCUT2D eigenvalue weighted by Crippen LogP contribution is 2.23. The number of ether oxygens (including phenoxy) is 1. The molecule has 3 rings (SSSR count). The van der Waals surface area contributed by atoms with Crippen molar-refractivity contribution in [3.8, 4) is 11.3 Å². The summed E-state index contributed by atoms with van der Waals surface area (Å²) in [6.45, 7) is 0. The molecule has 0 radical (unpaired) electrons. The maximum atomic E-state index is 12.1. The normalized spacial score (nSPS) is 10.4. The van der Waals surface area contributed by atoms with Gasteiger partial charge in [0, 0.05) is 22.7 Å². The molecule has 5 nitrogen and oxygen atoms in total. The van der Waals surface area contributed by atoms with Crippen molar-refractivity contribution in [1.82, 2.24) is 0 Å². The Morgan fingerprint density at radius 2 is 1.96 bits per heavy atom. The van der Waals surface area contributed by atoms with Crippen molar-refractivity contribution < 1.29 is 18.7 Å². The number of aryl methyl sites for hydroxylation is 1. The fourth-order valence-corrected chi connectivity index (χ4v) is 3.16. The van der Waals surface area contributed by atoms with Crippen LogP contribution in [-0.2, 0) is 16.0 Å². The van der Waals surface area contributed by atoms with Crippen molar-refractivity contribution in [2.45, 2.75) is 12.8 Å². The van der Waals surface area contributed by atoms with Crippen LogP contribution in [0.2, 0.25) is 0 Å². The number of carbonyl (C=O) groups is 2. The van der Waals surface area contributed by atoms with E-state index in [9.17, 15) is 9.59 Å². The zero-order valence-corrected chi connectivity index (χ0v) is 14.5. The Hall–Kier alpha value is -2.86. The average Bonchev–Trinajstić information content (AvgIpc) is 3.32. The molecule has 0 fully saturated rings. The Morgan fingerprint density at radius 1 is 1.16 bits per heavy atom. The minimum atomic E-state index is -0.454. The maximum Gasteiger partial charge on any atom is 0.340 e. The summed E-state index contributed by atoms with van der Waals surface area (Å²) < 4.78 is 10.1. The van der Waals surface area contributed by atoms with Crippen molar-refractivity contribution in [1.29, 1.82) is 0 Å². The zero-order chi connectivity index (χ0) is 17.6. The summed E-state index contributed by atoms with van der Waals surface area (Å²) in [6.07, 6.45) is 2.58. The van der Waals surface area contributed by atoms with Gasteiger partial charge in [0.2, 0.25) is 5.91 Å². The number of anilines is 1. The SMILES string of the molecule is COC(=O)c1cscc1NC(=O)CCc1ccc(-c2ccco2)cc1. The van der Waals surface area contributed by atoms with Crippen LogP contribution in [0.15, 0.2) is 57.8 Å². The summed E-state index contributed by atoms with van der Waals surface area (Å²) in [5.74, 6) is 0.223. The molecule has 0 spiro atoms. The van der Waals surface area contributed by atoms with Crippen LogP contribution in [0.3, 0.4) is 0 Å². The molecule has 0 aliphatic rings. The second-order valence-corrected chi connectivity index (χ2v) is 6.16. The topological polar surface area (TPSA) is 68.5 Å². The van der Waals surface area contributed by atoms with Crippen LogP contribution in [-0.4, -0.2) is 19.0 Å². The lowest BCUT2D eigenvalue weighted by molar-refractivity contribution is -0.116. The molecule has 3 aromatic rings. The quantitative estimate of drug-likeness (QED) is 0.667. The molecule has 2 aromatic heterocycles. The van der Waals surface area contributed by atoms with Gasteiger partial charge in [0.05, 0.1) is 24.6 Å². The van der Waals surface area contributed by atoms with Crippen LogP contribution in [0.5, 0.6) is 0 Å². The fraction of sp³-hybridized carbons (Fsp3) is 0.158. The number of carbonyl (C=O) groups excluding carboxylic acids is 2. The number of benzene rings is 1. The molecule has 0 aliphatic heterocycles. The molecule has 128 valence electrons. The third kappa shape index (κ3) is 4.16. The molecule has 1 aromatic carbocycles. The molecule has 2 heterocycles. The van der Waals surface area contributed by atoms with Crippen molar-refractivity contribution in [2.75, 3.05) is 12.4 Å². The number of thiophene rings is 1. The summed E-state index contributed by atoms with van der Waals surface area (Å²) in [7, 11) is 1.32. The first-order chi connectivity index (χ1) is 12.2. The van der Waals surface area contributed by atoms with E-state index < -0.39 is 5.97 Å². The molecule has 25 heavy (non-hydrogen) atoms. The third-order valence-corrected chi connectivity index (χ3v) is 4.49. The number of amides is 1. The number of furan rings is 1.